The molecule has 7 heteroatoms. The zero-order chi connectivity index (χ0) is 16.2. The van der Waals surface area contributed by atoms with Gasteiger partial charge in [0.2, 0.25) is 0 Å². The summed E-state index contributed by atoms with van der Waals surface area (Å²) >= 11 is 0. The Balaban J connectivity index is 1.78. The smallest absolute Gasteiger partial charge is 0.183 e. The molecule has 2 aromatic rings. The van der Waals surface area contributed by atoms with Crippen LogP contribution in [0.3, 0.4) is 0 Å². The highest BCUT2D eigenvalue weighted by Gasteiger charge is 2.26. The van der Waals surface area contributed by atoms with Crippen molar-refractivity contribution in [2.75, 3.05) is 29.9 Å². The number of hydrogen-bond acceptors (Lipinski definition) is 7. The van der Waals surface area contributed by atoms with Crippen LogP contribution in [-0.2, 0) is 0 Å². The van der Waals surface area contributed by atoms with E-state index < -0.39 is 0 Å². The first-order chi connectivity index (χ1) is 11.2. The Kier molecular flexibility index (Phi) is 4.33. The fourth-order valence-corrected chi connectivity index (χ4v) is 2.88. The maximum Gasteiger partial charge on any atom is 0.183 e. The van der Waals surface area contributed by atoms with Crippen LogP contribution in [0.5, 0.6) is 0 Å². The average molecular weight is 309 g/mol. The van der Waals surface area contributed by atoms with Crippen LogP contribution in [-0.4, -0.2) is 46.3 Å². The van der Waals surface area contributed by atoms with Crippen molar-refractivity contribution in [2.45, 2.75) is 25.8 Å². The van der Waals surface area contributed by atoms with Gasteiger partial charge < -0.3 is 9.80 Å². The van der Waals surface area contributed by atoms with E-state index in [-0.39, 0.29) is 6.04 Å². The number of anilines is 2. The van der Waals surface area contributed by atoms with Crippen molar-refractivity contribution < 1.29 is 0 Å². The van der Waals surface area contributed by atoms with Gasteiger partial charge in [0.25, 0.3) is 0 Å². The minimum atomic E-state index is 0.260. The lowest BCUT2D eigenvalue weighted by molar-refractivity contribution is 0.481. The average Bonchev–Trinajstić information content (AvgIpc) is 2.62. The molecule has 3 rings (SSSR count). The van der Waals surface area contributed by atoms with Crippen molar-refractivity contribution >= 4 is 11.6 Å². The van der Waals surface area contributed by atoms with E-state index in [1.807, 2.05) is 26.1 Å². The Hall–Kier alpha value is -2.75. The van der Waals surface area contributed by atoms with Gasteiger partial charge in [-0.05, 0) is 31.9 Å². The molecule has 2 aromatic heterocycles. The van der Waals surface area contributed by atoms with Gasteiger partial charge in [-0.3, -0.25) is 0 Å². The van der Waals surface area contributed by atoms with Crippen LogP contribution in [0.2, 0.25) is 0 Å². The Labute approximate surface area is 135 Å². The predicted octanol–water partition coefficient (Wildman–Crippen LogP) is 1.55. The minimum absolute atomic E-state index is 0.260. The molecule has 0 amide bonds. The van der Waals surface area contributed by atoms with E-state index in [1.54, 1.807) is 12.4 Å². The molecular weight excluding hydrogens is 290 g/mol. The molecule has 1 fully saturated rings. The number of aryl methyl sites for hydroxylation is 1. The summed E-state index contributed by atoms with van der Waals surface area (Å²) in [5.41, 5.74) is 1.28. The lowest BCUT2D eigenvalue weighted by Gasteiger charge is -2.38. The van der Waals surface area contributed by atoms with E-state index in [0.29, 0.717) is 11.5 Å². The number of nitriles is 1. The number of likely N-dealkylation sites (N-methyl/N-ethyl adjacent to an activating group) is 1. The number of rotatable bonds is 3. The molecule has 1 aliphatic rings. The number of piperidine rings is 1. The molecule has 1 unspecified atom stereocenters. The minimum Gasteiger partial charge on any atom is -0.353 e. The first-order valence-electron chi connectivity index (χ1n) is 7.68. The van der Waals surface area contributed by atoms with Gasteiger partial charge in [0.05, 0.1) is 5.69 Å². The number of hydrogen-bond donors (Lipinski definition) is 0. The molecule has 0 bridgehead atoms. The third-order valence-corrected chi connectivity index (χ3v) is 4.17. The normalized spacial score (nSPS) is 17.6. The van der Waals surface area contributed by atoms with E-state index >= 15 is 0 Å². The number of aromatic nitrogens is 4. The molecule has 7 nitrogen and oxygen atoms in total. The van der Waals surface area contributed by atoms with Gasteiger partial charge in [0.1, 0.15) is 6.07 Å². The van der Waals surface area contributed by atoms with Crippen LogP contribution in [0, 0.1) is 18.3 Å². The summed E-state index contributed by atoms with van der Waals surface area (Å²) in [5.74, 6) is 1.53. The van der Waals surface area contributed by atoms with E-state index in [4.69, 9.17) is 0 Å². The lowest BCUT2D eigenvalue weighted by Crippen LogP contribution is -2.47. The third-order valence-electron chi connectivity index (χ3n) is 4.17. The van der Waals surface area contributed by atoms with Crippen LogP contribution >= 0.6 is 0 Å². The molecule has 23 heavy (non-hydrogen) atoms. The van der Waals surface area contributed by atoms with Crippen LogP contribution in [0.25, 0.3) is 0 Å². The highest BCUT2D eigenvalue weighted by atomic mass is 15.3. The molecule has 0 radical (unpaired) electrons. The highest BCUT2D eigenvalue weighted by Crippen LogP contribution is 2.24. The van der Waals surface area contributed by atoms with Crippen molar-refractivity contribution in [1.82, 2.24) is 20.2 Å². The molecule has 1 atom stereocenters. The van der Waals surface area contributed by atoms with Crippen LogP contribution in [0.15, 0.2) is 24.5 Å². The summed E-state index contributed by atoms with van der Waals surface area (Å²) in [7, 11) is 1.97. The van der Waals surface area contributed by atoms with E-state index in [0.717, 1.165) is 37.4 Å². The fourth-order valence-electron chi connectivity index (χ4n) is 2.88. The monoisotopic (exact) mass is 309 g/mol. The zero-order valence-corrected chi connectivity index (χ0v) is 13.3. The molecule has 0 saturated carbocycles. The van der Waals surface area contributed by atoms with Gasteiger partial charge >= 0.3 is 0 Å². The summed E-state index contributed by atoms with van der Waals surface area (Å²) in [6.07, 6.45) is 5.28. The second-order valence-corrected chi connectivity index (χ2v) is 5.73. The van der Waals surface area contributed by atoms with E-state index in [1.165, 1.54) is 0 Å². The second-order valence-electron chi connectivity index (χ2n) is 5.73. The summed E-state index contributed by atoms with van der Waals surface area (Å²) in [5, 5.41) is 17.6. The Morgan fingerprint density at radius 2 is 2.09 bits per heavy atom. The zero-order valence-electron chi connectivity index (χ0n) is 13.3. The predicted molar refractivity (Wildman–Crippen MR) is 87.2 cm³/mol. The highest BCUT2D eigenvalue weighted by molar-refractivity contribution is 5.50. The largest absolute Gasteiger partial charge is 0.353 e. The van der Waals surface area contributed by atoms with Crippen LogP contribution < -0.4 is 9.80 Å². The molecule has 3 heterocycles. The second kappa shape index (κ2) is 6.57. The van der Waals surface area contributed by atoms with Gasteiger partial charge in [0, 0.05) is 38.6 Å². The van der Waals surface area contributed by atoms with Gasteiger partial charge in [-0.15, -0.1) is 5.10 Å². The van der Waals surface area contributed by atoms with Gasteiger partial charge in [-0.25, -0.2) is 9.97 Å². The molecule has 118 valence electrons. The molecule has 0 spiro atoms. The first kappa shape index (κ1) is 15.2. The summed E-state index contributed by atoms with van der Waals surface area (Å²) in [6, 6.07) is 6.36. The van der Waals surface area contributed by atoms with Crippen molar-refractivity contribution in [1.29, 1.82) is 5.26 Å². The lowest BCUT2D eigenvalue weighted by atomic mass is 10.0. The SMILES string of the molecule is Cc1ccc(N2CCCC(N(C)c3nccnc3C#N)C2)nn1. The first-order valence-corrected chi connectivity index (χ1v) is 7.68. The fraction of sp³-hybridized carbons (Fsp3) is 0.438. The molecule has 1 aliphatic heterocycles. The van der Waals surface area contributed by atoms with Crippen molar-refractivity contribution in [3.63, 3.8) is 0 Å². The molecule has 1 saturated heterocycles. The van der Waals surface area contributed by atoms with Crippen molar-refractivity contribution in [3.05, 3.63) is 35.9 Å². The maximum atomic E-state index is 9.21. The van der Waals surface area contributed by atoms with E-state index in [2.05, 4.69) is 36.0 Å². The third kappa shape index (κ3) is 3.21. The summed E-state index contributed by atoms with van der Waals surface area (Å²) < 4.78 is 0. The number of nitrogens with zero attached hydrogens (tertiary/aromatic N) is 7. The van der Waals surface area contributed by atoms with Gasteiger partial charge in [-0.2, -0.15) is 10.4 Å². The quantitative estimate of drug-likeness (QED) is 0.850. The maximum absolute atomic E-state index is 9.21. The van der Waals surface area contributed by atoms with Gasteiger partial charge in [0.15, 0.2) is 17.3 Å². The van der Waals surface area contributed by atoms with Gasteiger partial charge in [-0.1, -0.05) is 0 Å². The summed E-state index contributed by atoms with van der Waals surface area (Å²) in [4.78, 5) is 12.7. The standard InChI is InChI=1S/C16H19N7/c1-12-5-6-15(21-20-12)23-9-3-4-13(11-23)22(2)16-14(10-17)18-7-8-19-16/h5-8,13H,3-4,9,11H2,1-2H3. The molecular formula is C16H19N7. The molecule has 0 aliphatic carbocycles. The van der Waals surface area contributed by atoms with Crippen molar-refractivity contribution in [2.24, 2.45) is 0 Å². The Morgan fingerprint density at radius 3 is 2.83 bits per heavy atom. The molecule has 0 N–H and O–H groups in total. The Bertz CT molecular complexity index is 707. The molecule has 0 aromatic carbocycles. The van der Waals surface area contributed by atoms with E-state index in [9.17, 15) is 5.26 Å². The van der Waals surface area contributed by atoms with Crippen LogP contribution in [0.1, 0.15) is 24.2 Å². The van der Waals surface area contributed by atoms with Crippen molar-refractivity contribution in [3.8, 4) is 6.07 Å². The summed E-state index contributed by atoms with van der Waals surface area (Å²) in [6.45, 7) is 3.73. The Morgan fingerprint density at radius 1 is 1.26 bits per heavy atom. The van der Waals surface area contributed by atoms with Crippen LogP contribution in [0.4, 0.5) is 11.6 Å². The topological polar surface area (TPSA) is 81.8 Å².